The second kappa shape index (κ2) is 5.71. The Morgan fingerprint density at radius 1 is 1.69 bits per heavy atom. The Labute approximate surface area is 94.1 Å². The van der Waals surface area contributed by atoms with Crippen LogP contribution in [0.3, 0.4) is 0 Å². The summed E-state index contributed by atoms with van der Waals surface area (Å²) in [7, 11) is 0. The van der Waals surface area contributed by atoms with E-state index in [4.69, 9.17) is 10.00 Å². The normalized spacial score (nSPS) is 9.31. The largest absolute Gasteiger partial charge is 0.465 e. The van der Waals surface area contributed by atoms with Gasteiger partial charge >= 0.3 is 5.97 Å². The minimum atomic E-state index is -0.366. The summed E-state index contributed by atoms with van der Waals surface area (Å²) in [6.45, 7) is 3.91. The van der Waals surface area contributed by atoms with Crippen LogP contribution >= 0.6 is 0 Å². The lowest BCUT2D eigenvalue weighted by atomic mass is 10.1. The molecule has 0 bridgehead atoms. The van der Waals surface area contributed by atoms with E-state index in [1.807, 2.05) is 13.0 Å². The maximum absolute atomic E-state index is 11.1. The molecule has 0 aliphatic heterocycles. The van der Waals surface area contributed by atoms with Gasteiger partial charge in [-0.3, -0.25) is 4.79 Å². The van der Waals surface area contributed by atoms with Crippen molar-refractivity contribution in [3.8, 4) is 6.07 Å². The molecular weight excluding hydrogens is 206 g/mol. The van der Waals surface area contributed by atoms with Crippen LogP contribution < -0.4 is 5.32 Å². The summed E-state index contributed by atoms with van der Waals surface area (Å²) in [6, 6.07) is 3.79. The standard InChI is InChI=1S/C11H13N3O2/c1-3-16-10(15)7-14-11-9(6-12)8(2)4-5-13-11/h4-5H,3,7H2,1-2H3,(H,13,14). The van der Waals surface area contributed by atoms with Gasteiger partial charge in [0.15, 0.2) is 0 Å². The fourth-order valence-corrected chi connectivity index (χ4v) is 1.20. The molecule has 0 aliphatic rings. The van der Waals surface area contributed by atoms with Crippen molar-refractivity contribution in [1.29, 1.82) is 5.26 Å². The maximum atomic E-state index is 11.1. The summed E-state index contributed by atoms with van der Waals surface area (Å²) < 4.78 is 4.76. The number of carbonyl (C=O) groups excluding carboxylic acids is 1. The average Bonchev–Trinajstić information content (AvgIpc) is 2.27. The third kappa shape index (κ3) is 2.95. The second-order valence-electron chi connectivity index (χ2n) is 3.12. The Kier molecular flexibility index (Phi) is 4.28. The van der Waals surface area contributed by atoms with Gasteiger partial charge < -0.3 is 10.1 Å². The number of pyridine rings is 1. The molecule has 1 N–H and O–H groups in total. The molecule has 16 heavy (non-hydrogen) atoms. The maximum Gasteiger partial charge on any atom is 0.325 e. The molecule has 1 aromatic rings. The summed E-state index contributed by atoms with van der Waals surface area (Å²) in [5.74, 6) is 0.0465. The molecule has 5 nitrogen and oxygen atoms in total. The Morgan fingerprint density at radius 2 is 2.44 bits per heavy atom. The van der Waals surface area contributed by atoms with Crippen molar-refractivity contribution in [2.75, 3.05) is 18.5 Å². The van der Waals surface area contributed by atoms with Crippen LogP contribution in [0, 0.1) is 18.3 Å². The minimum Gasteiger partial charge on any atom is -0.465 e. The zero-order valence-electron chi connectivity index (χ0n) is 9.28. The number of nitrogens with one attached hydrogen (secondary N) is 1. The molecule has 0 fully saturated rings. The van der Waals surface area contributed by atoms with Crippen molar-refractivity contribution in [1.82, 2.24) is 4.98 Å². The number of hydrogen-bond acceptors (Lipinski definition) is 5. The highest BCUT2D eigenvalue weighted by atomic mass is 16.5. The molecule has 0 radical (unpaired) electrons. The fourth-order valence-electron chi connectivity index (χ4n) is 1.20. The minimum absolute atomic E-state index is 0.0129. The van der Waals surface area contributed by atoms with Gasteiger partial charge in [0.2, 0.25) is 0 Å². The quantitative estimate of drug-likeness (QED) is 0.771. The van der Waals surface area contributed by atoms with Gasteiger partial charge in [-0.1, -0.05) is 0 Å². The van der Waals surface area contributed by atoms with E-state index >= 15 is 0 Å². The van der Waals surface area contributed by atoms with Gasteiger partial charge in [-0.2, -0.15) is 5.26 Å². The number of hydrogen-bond donors (Lipinski definition) is 1. The van der Waals surface area contributed by atoms with Crippen LogP contribution in [0.2, 0.25) is 0 Å². The second-order valence-corrected chi connectivity index (χ2v) is 3.12. The van der Waals surface area contributed by atoms with Crippen LogP contribution in [0.15, 0.2) is 12.3 Å². The van der Waals surface area contributed by atoms with E-state index in [1.165, 1.54) is 0 Å². The zero-order valence-corrected chi connectivity index (χ0v) is 9.28. The SMILES string of the molecule is CCOC(=O)CNc1nccc(C)c1C#N. The van der Waals surface area contributed by atoms with E-state index in [2.05, 4.69) is 10.3 Å². The molecule has 0 atom stereocenters. The van der Waals surface area contributed by atoms with E-state index in [0.717, 1.165) is 5.56 Å². The number of nitriles is 1. The van der Waals surface area contributed by atoms with Gasteiger partial charge in [0.25, 0.3) is 0 Å². The molecule has 0 saturated carbocycles. The van der Waals surface area contributed by atoms with Crippen LogP contribution in [0.5, 0.6) is 0 Å². The summed E-state index contributed by atoms with van der Waals surface area (Å²) >= 11 is 0. The third-order valence-electron chi connectivity index (χ3n) is 1.98. The lowest BCUT2D eigenvalue weighted by Gasteiger charge is -2.07. The molecular formula is C11H13N3O2. The highest BCUT2D eigenvalue weighted by Gasteiger charge is 2.08. The first kappa shape index (κ1) is 12.0. The van der Waals surface area contributed by atoms with E-state index in [0.29, 0.717) is 18.0 Å². The van der Waals surface area contributed by atoms with Crippen molar-refractivity contribution in [2.45, 2.75) is 13.8 Å². The lowest BCUT2D eigenvalue weighted by molar-refractivity contribution is -0.140. The summed E-state index contributed by atoms with van der Waals surface area (Å²) in [4.78, 5) is 15.1. The van der Waals surface area contributed by atoms with Crippen LogP contribution in [-0.4, -0.2) is 24.1 Å². The number of aryl methyl sites for hydroxylation is 1. The van der Waals surface area contributed by atoms with E-state index < -0.39 is 0 Å². The predicted octanol–water partition coefficient (Wildman–Crippen LogP) is 1.24. The molecule has 5 heteroatoms. The number of rotatable bonds is 4. The van der Waals surface area contributed by atoms with Crippen molar-refractivity contribution in [3.63, 3.8) is 0 Å². The van der Waals surface area contributed by atoms with Crippen molar-refractivity contribution < 1.29 is 9.53 Å². The lowest BCUT2D eigenvalue weighted by Crippen LogP contribution is -2.18. The molecule has 0 amide bonds. The Bertz CT molecular complexity index is 424. The molecule has 1 heterocycles. The summed E-state index contributed by atoms with van der Waals surface area (Å²) in [5.41, 5.74) is 1.27. The Hall–Kier alpha value is -2.09. The topological polar surface area (TPSA) is 75.0 Å². The van der Waals surface area contributed by atoms with Gasteiger partial charge in [-0.15, -0.1) is 0 Å². The molecule has 84 valence electrons. The molecule has 1 rings (SSSR count). The highest BCUT2D eigenvalue weighted by molar-refractivity contribution is 5.75. The third-order valence-corrected chi connectivity index (χ3v) is 1.98. The van der Waals surface area contributed by atoms with Crippen LogP contribution in [0.25, 0.3) is 0 Å². The van der Waals surface area contributed by atoms with E-state index in [1.54, 1.807) is 19.2 Å². The predicted molar refractivity (Wildman–Crippen MR) is 58.8 cm³/mol. The number of ether oxygens (including phenoxy) is 1. The number of anilines is 1. The molecule has 0 saturated heterocycles. The van der Waals surface area contributed by atoms with Gasteiger partial charge in [0.05, 0.1) is 12.2 Å². The first-order chi connectivity index (χ1) is 7.69. The highest BCUT2D eigenvalue weighted by Crippen LogP contribution is 2.14. The average molecular weight is 219 g/mol. The molecule has 0 aliphatic carbocycles. The Balaban J connectivity index is 2.71. The van der Waals surface area contributed by atoms with Crippen molar-refractivity contribution in [2.24, 2.45) is 0 Å². The first-order valence-electron chi connectivity index (χ1n) is 4.94. The van der Waals surface area contributed by atoms with Gasteiger partial charge in [-0.05, 0) is 25.5 Å². The number of aromatic nitrogens is 1. The van der Waals surface area contributed by atoms with Gasteiger partial charge in [-0.25, -0.2) is 4.98 Å². The monoisotopic (exact) mass is 219 g/mol. The Morgan fingerprint density at radius 3 is 3.06 bits per heavy atom. The van der Waals surface area contributed by atoms with Gasteiger partial charge in [0, 0.05) is 6.20 Å². The van der Waals surface area contributed by atoms with Crippen LogP contribution in [0.4, 0.5) is 5.82 Å². The molecule has 0 unspecified atom stereocenters. The fraction of sp³-hybridized carbons (Fsp3) is 0.364. The van der Waals surface area contributed by atoms with Crippen molar-refractivity contribution >= 4 is 11.8 Å². The number of carbonyl (C=O) groups is 1. The first-order valence-corrected chi connectivity index (χ1v) is 4.94. The molecule has 1 aromatic heterocycles. The van der Waals surface area contributed by atoms with Crippen LogP contribution in [0.1, 0.15) is 18.1 Å². The summed E-state index contributed by atoms with van der Waals surface area (Å²) in [6.07, 6.45) is 1.59. The van der Waals surface area contributed by atoms with Crippen LogP contribution in [-0.2, 0) is 9.53 Å². The number of nitrogens with zero attached hydrogens (tertiary/aromatic N) is 2. The summed E-state index contributed by atoms with van der Waals surface area (Å²) in [5, 5.41) is 11.7. The number of esters is 1. The smallest absolute Gasteiger partial charge is 0.325 e. The molecule has 0 spiro atoms. The van der Waals surface area contributed by atoms with E-state index in [9.17, 15) is 4.79 Å². The van der Waals surface area contributed by atoms with Crippen molar-refractivity contribution in [3.05, 3.63) is 23.4 Å². The zero-order chi connectivity index (χ0) is 12.0. The molecule has 0 aromatic carbocycles. The van der Waals surface area contributed by atoms with Gasteiger partial charge in [0.1, 0.15) is 18.4 Å². The van der Waals surface area contributed by atoms with E-state index in [-0.39, 0.29) is 12.5 Å².